The summed E-state index contributed by atoms with van der Waals surface area (Å²) in [7, 11) is 0. The first-order valence-electron chi connectivity index (χ1n) is 9.33. The van der Waals surface area contributed by atoms with Crippen LogP contribution in [0.15, 0.2) is 48.7 Å². The Kier molecular flexibility index (Phi) is 5.36. The highest BCUT2D eigenvalue weighted by Crippen LogP contribution is 2.25. The highest BCUT2D eigenvalue weighted by molar-refractivity contribution is 7.19. The van der Waals surface area contributed by atoms with E-state index in [4.69, 9.17) is 0 Å². The molecule has 1 amide bonds. The number of pyridine rings is 1. The molecule has 0 saturated carbocycles. The lowest BCUT2D eigenvalue weighted by atomic mass is 10.2. The van der Waals surface area contributed by atoms with Gasteiger partial charge in [0.1, 0.15) is 5.82 Å². The Labute approximate surface area is 163 Å². The van der Waals surface area contributed by atoms with Crippen molar-refractivity contribution < 1.29 is 4.79 Å². The summed E-state index contributed by atoms with van der Waals surface area (Å²) in [6.45, 7) is 6.47. The van der Waals surface area contributed by atoms with Crippen LogP contribution in [0.4, 0.5) is 5.82 Å². The molecule has 1 aromatic carbocycles. The quantitative estimate of drug-likeness (QED) is 0.738. The molecule has 2 aromatic heterocycles. The van der Waals surface area contributed by atoms with E-state index in [9.17, 15) is 4.79 Å². The van der Waals surface area contributed by atoms with Crippen LogP contribution in [-0.4, -0.2) is 42.0 Å². The lowest BCUT2D eigenvalue weighted by molar-refractivity contribution is -0.129. The van der Waals surface area contributed by atoms with Gasteiger partial charge in [-0.05, 0) is 23.6 Å². The van der Waals surface area contributed by atoms with Crippen LogP contribution in [0.25, 0.3) is 10.1 Å². The largest absolute Gasteiger partial charge is 0.353 e. The summed E-state index contributed by atoms with van der Waals surface area (Å²) in [4.78, 5) is 21.7. The fourth-order valence-corrected chi connectivity index (χ4v) is 4.56. The smallest absolute Gasteiger partial charge is 0.219 e. The maximum absolute atomic E-state index is 11.5. The minimum absolute atomic E-state index is 0.154. The SMILES string of the molecule is CC(=O)N1CCN(c2ncccc2CNCc2cc3ccccc3s2)CC1. The van der Waals surface area contributed by atoms with E-state index in [1.54, 1.807) is 6.92 Å². The molecule has 0 aliphatic carbocycles. The molecule has 1 aliphatic rings. The van der Waals surface area contributed by atoms with E-state index in [2.05, 4.69) is 51.6 Å². The van der Waals surface area contributed by atoms with Crippen molar-refractivity contribution in [3.05, 3.63) is 59.1 Å². The van der Waals surface area contributed by atoms with E-state index in [0.717, 1.165) is 45.1 Å². The van der Waals surface area contributed by atoms with E-state index in [0.29, 0.717) is 0 Å². The monoisotopic (exact) mass is 380 g/mol. The van der Waals surface area contributed by atoms with Crippen LogP contribution in [0.2, 0.25) is 0 Å². The van der Waals surface area contributed by atoms with Gasteiger partial charge in [-0.1, -0.05) is 24.3 Å². The number of carbonyl (C=O) groups is 1. The molecule has 0 spiro atoms. The zero-order chi connectivity index (χ0) is 18.6. The van der Waals surface area contributed by atoms with Crippen molar-refractivity contribution in [2.45, 2.75) is 20.0 Å². The van der Waals surface area contributed by atoms with Crippen LogP contribution in [0, 0.1) is 0 Å². The highest BCUT2D eigenvalue weighted by Gasteiger charge is 2.21. The second-order valence-corrected chi connectivity index (χ2v) is 8.00. The van der Waals surface area contributed by atoms with Crippen LogP contribution < -0.4 is 10.2 Å². The molecule has 0 bridgehead atoms. The van der Waals surface area contributed by atoms with Gasteiger partial charge in [-0.15, -0.1) is 11.3 Å². The normalized spacial score (nSPS) is 14.7. The Morgan fingerprint density at radius 3 is 2.70 bits per heavy atom. The van der Waals surface area contributed by atoms with E-state index >= 15 is 0 Å². The number of nitrogens with one attached hydrogen (secondary N) is 1. The number of piperazine rings is 1. The third kappa shape index (κ3) is 4.12. The fraction of sp³-hybridized carbons (Fsp3) is 0.333. The number of nitrogens with zero attached hydrogens (tertiary/aromatic N) is 3. The van der Waals surface area contributed by atoms with Gasteiger partial charge in [0.2, 0.25) is 5.91 Å². The van der Waals surface area contributed by atoms with Crippen molar-refractivity contribution in [3.8, 4) is 0 Å². The standard InChI is InChI=1S/C21H24N4OS/c1-16(26)24-9-11-25(12-10-24)21-18(6-4-8-23-21)14-22-15-19-13-17-5-2-3-7-20(17)27-19/h2-8,13,22H,9-12,14-15H2,1H3. The number of amides is 1. The zero-order valence-corrected chi connectivity index (χ0v) is 16.3. The second-order valence-electron chi connectivity index (χ2n) is 6.83. The van der Waals surface area contributed by atoms with Crippen molar-refractivity contribution in [1.82, 2.24) is 15.2 Å². The summed E-state index contributed by atoms with van der Waals surface area (Å²) in [6, 6.07) is 14.9. The van der Waals surface area contributed by atoms with E-state index in [1.807, 2.05) is 28.5 Å². The number of hydrogen-bond donors (Lipinski definition) is 1. The zero-order valence-electron chi connectivity index (χ0n) is 15.5. The molecular formula is C21H24N4OS. The van der Waals surface area contributed by atoms with Crippen LogP contribution in [-0.2, 0) is 17.9 Å². The Bertz CT molecular complexity index is 898. The summed E-state index contributed by atoms with van der Waals surface area (Å²) >= 11 is 1.84. The molecule has 4 rings (SSSR count). The molecule has 27 heavy (non-hydrogen) atoms. The predicted octanol–water partition coefficient (Wildman–Crippen LogP) is 3.25. The summed E-state index contributed by atoms with van der Waals surface area (Å²) in [5, 5.41) is 4.87. The summed E-state index contributed by atoms with van der Waals surface area (Å²) < 4.78 is 1.33. The van der Waals surface area contributed by atoms with Crippen molar-refractivity contribution in [3.63, 3.8) is 0 Å². The van der Waals surface area contributed by atoms with Gasteiger partial charge in [0.05, 0.1) is 0 Å². The molecule has 6 heteroatoms. The maximum atomic E-state index is 11.5. The number of anilines is 1. The molecule has 1 saturated heterocycles. The molecule has 1 N–H and O–H groups in total. The number of hydrogen-bond acceptors (Lipinski definition) is 5. The molecule has 3 heterocycles. The van der Waals surface area contributed by atoms with E-state index in [1.165, 1.54) is 20.5 Å². The maximum Gasteiger partial charge on any atom is 0.219 e. The van der Waals surface area contributed by atoms with Crippen LogP contribution in [0.5, 0.6) is 0 Å². The average molecular weight is 381 g/mol. The minimum Gasteiger partial charge on any atom is -0.353 e. The number of fused-ring (bicyclic) bond motifs is 1. The van der Waals surface area contributed by atoms with Crippen molar-refractivity contribution >= 4 is 33.1 Å². The van der Waals surface area contributed by atoms with E-state index in [-0.39, 0.29) is 5.91 Å². The second kappa shape index (κ2) is 8.06. The fourth-order valence-electron chi connectivity index (χ4n) is 3.53. The molecule has 0 unspecified atom stereocenters. The Morgan fingerprint density at radius 2 is 1.93 bits per heavy atom. The van der Waals surface area contributed by atoms with Gasteiger partial charge in [0.25, 0.3) is 0 Å². The molecule has 0 atom stereocenters. The van der Waals surface area contributed by atoms with Crippen molar-refractivity contribution in [2.24, 2.45) is 0 Å². The molecule has 3 aromatic rings. The van der Waals surface area contributed by atoms with E-state index < -0.39 is 0 Å². The van der Waals surface area contributed by atoms with Crippen LogP contribution in [0.1, 0.15) is 17.4 Å². The molecule has 5 nitrogen and oxygen atoms in total. The van der Waals surface area contributed by atoms with Crippen molar-refractivity contribution in [1.29, 1.82) is 0 Å². The lowest BCUT2D eigenvalue weighted by Crippen LogP contribution is -2.48. The third-order valence-corrected chi connectivity index (χ3v) is 6.10. The van der Waals surface area contributed by atoms with Gasteiger partial charge in [-0.3, -0.25) is 4.79 Å². The van der Waals surface area contributed by atoms with Gasteiger partial charge in [-0.25, -0.2) is 4.98 Å². The van der Waals surface area contributed by atoms with Gasteiger partial charge in [0, 0.05) is 67.5 Å². The number of carbonyl (C=O) groups excluding carboxylic acids is 1. The average Bonchev–Trinajstić information content (AvgIpc) is 3.11. The first-order valence-corrected chi connectivity index (χ1v) is 10.1. The molecule has 1 aliphatic heterocycles. The number of aromatic nitrogens is 1. The number of benzene rings is 1. The van der Waals surface area contributed by atoms with Crippen molar-refractivity contribution in [2.75, 3.05) is 31.1 Å². The van der Waals surface area contributed by atoms with Gasteiger partial charge in [0.15, 0.2) is 0 Å². The van der Waals surface area contributed by atoms with Gasteiger partial charge in [-0.2, -0.15) is 0 Å². The minimum atomic E-state index is 0.154. The van der Waals surface area contributed by atoms with Gasteiger partial charge >= 0.3 is 0 Å². The first-order chi connectivity index (χ1) is 13.2. The Balaban J connectivity index is 1.39. The number of thiophene rings is 1. The topological polar surface area (TPSA) is 48.5 Å². The predicted molar refractivity (Wildman–Crippen MR) is 111 cm³/mol. The summed E-state index contributed by atoms with van der Waals surface area (Å²) in [5.74, 6) is 1.19. The molecule has 140 valence electrons. The summed E-state index contributed by atoms with van der Waals surface area (Å²) in [5.41, 5.74) is 1.20. The lowest BCUT2D eigenvalue weighted by Gasteiger charge is -2.35. The highest BCUT2D eigenvalue weighted by atomic mass is 32.1. The van der Waals surface area contributed by atoms with Crippen LogP contribution >= 0.6 is 11.3 Å². The molecule has 1 fully saturated rings. The Morgan fingerprint density at radius 1 is 1.11 bits per heavy atom. The number of rotatable bonds is 5. The first kappa shape index (κ1) is 17.9. The Hall–Kier alpha value is -2.44. The molecule has 0 radical (unpaired) electrons. The summed E-state index contributed by atoms with van der Waals surface area (Å²) in [6.07, 6.45) is 1.85. The molecular weight excluding hydrogens is 356 g/mol. The third-order valence-electron chi connectivity index (χ3n) is 4.98. The van der Waals surface area contributed by atoms with Crippen LogP contribution in [0.3, 0.4) is 0 Å². The van der Waals surface area contributed by atoms with Gasteiger partial charge < -0.3 is 15.1 Å².